The number of amides is 2. The molecule has 0 bridgehead atoms. The van der Waals surface area contributed by atoms with Gasteiger partial charge >= 0.3 is 0 Å². The maximum absolute atomic E-state index is 12.3. The second kappa shape index (κ2) is 10.0. The van der Waals surface area contributed by atoms with E-state index < -0.39 is 0 Å². The van der Waals surface area contributed by atoms with Gasteiger partial charge in [-0.3, -0.25) is 9.59 Å². The normalized spacial score (nSPS) is 10.6. The number of hydrogen-bond acceptors (Lipinski definition) is 8. The van der Waals surface area contributed by atoms with Crippen molar-refractivity contribution in [3.8, 4) is 0 Å². The van der Waals surface area contributed by atoms with Crippen LogP contribution in [0.5, 0.6) is 0 Å². The minimum absolute atomic E-state index is 0.0744. The van der Waals surface area contributed by atoms with E-state index in [4.69, 9.17) is 0 Å². The number of aromatic nitrogens is 2. The summed E-state index contributed by atoms with van der Waals surface area (Å²) >= 11 is 5.95. The zero-order valence-corrected chi connectivity index (χ0v) is 16.6. The van der Waals surface area contributed by atoms with Crippen molar-refractivity contribution in [1.29, 1.82) is 0 Å². The predicted octanol–water partition coefficient (Wildman–Crippen LogP) is 2.58. The van der Waals surface area contributed by atoms with Crippen molar-refractivity contribution < 1.29 is 9.59 Å². The molecule has 0 radical (unpaired) electrons. The van der Waals surface area contributed by atoms with Crippen molar-refractivity contribution in [2.24, 2.45) is 0 Å². The van der Waals surface area contributed by atoms with Crippen LogP contribution in [-0.2, 0) is 16.1 Å². The van der Waals surface area contributed by atoms with E-state index in [-0.39, 0.29) is 24.1 Å². The molecule has 6 nitrogen and oxygen atoms in total. The summed E-state index contributed by atoms with van der Waals surface area (Å²) in [5.74, 6) is 0.0357. The van der Waals surface area contributed by atoms with Crippen LogP contribution in [0.1, 0.15) is 11.8 Å². The Labute approximate surface area is 157 Å². The number of rotatable bonds is 9. The van der Waals surface area contributed by atoms with Crippen molar-refractivity contribution in [2.75, 3.05) is 25.1 Å². The quantitative estimate of drug-likeness (QED) is 0.650. The van der Waals surface area contributed by atoms with Gasteiger partial charge in [0.1, 0.15) is 0 Å². The number of hydrogen-bond donors (Lipinski definition) is 1. The average molecular weight is 403 g/mol. The van der Waals surface area contributed by atoms with E-state index in [1.165, 1.54) is 34.9 Å². The molecule has 0 unspecified atom stereocenters. The van der Waals surface area contributed by atoms with Crippen LogP contribution in [0.3, 0.4) is 0 Å². The number of likely N-dealkylation sites (N-methyl/N-ethyl adjacent to an activating group) is 1. The van der Waals surface area contributed by atoms with Crippen molar-refractivity contribution in [3.05, 3.63) is 22.4 Å². The molecule has 24 heavy (non-hydrogen) atoms. The Bertz CT molecular complexity index is 660. The van der Waals surface area contributed by atoms with Crippen molar-refractivity contribution in [3.63, 3.8) is 0 Å². The molecular weight excluding hydrogens is 384 g/mol. The largest absolute Gasteiger partial charge is 0.350 e. The standard InChI is InChI=1S/C14H18N4O2S4/c1-3-18(8-11(19)15-7-10-5-4-6-22-10)12(20)9-23-14-17-16-13(21-2)24-14/h4-6H,3,7-9H2,1-2H3,(H,15,19). The molecule has 130 valence electrons. The van der Waals surface area contributed by atoms with Crippen molar-refractivity contribution >= 4 is 58.0 Å². The van der Waals surface area contributed by atoms with Gasteiger partial charge in [0, 0.05) is 11.4 Å². The van der Waals surface area contributed by atoms with E-state index in [1.807, 2.05) is 30.7 Å². The third-order valence-corrected chi connectivity index (χ3v) is 6.88. The molecule has 2 rings (SSSR count). The van der Waals surface area contributed by atoms with Crippen LogP contribution < -0.4 is 5.32 Å². The number of thiophene rings is 1. The van der Waals surface area contributed by atoms with E-state index in [1.54, 1.807) is 16.2 Å². The fourth-order valence-corrected chi connectivity index (χ4v) is 4.74. The first kappa shape index (κ1) is 19.2. The molecule has 0 aliphatic rings. The molecule has 0 aliphatic heterocycles. The maximum atomic E-state index is 12.3. The summed E-state index contributed by atoms with van der Waals surface area (Å²) in [5.41, 5.74) is 0. The second-order valence-corrected chi connectivity index (χ2v) is 8.88. The molecule has 10 heteroatoms. The van der Waals surface area contributed by atoms with Gasteiger partial charge in [-0.2, -0.15) is 0 Å². The van der Waals surface area contributed by atoms with Crippen LogP contribution in [-0.4, -0.2) is 52.0 Å². The number of nitrogens with one attached hydrogen (secondary N) is 1. The van der Waals surface area contributed by atoms with Crippen molar-refractivity contribution in [2.45, 2.75) is 22.1 Å². The molecule has 0 saturated carbocycles. The minimum Gasteiger partial charge on any atom is -0.350 e. The van der Waals surface area contributed by atoms with E-state index in [0.717, 1.165) is 13.6 Å². The van der Waals surface area contributed by atoms with Crippen LogP contribution in [0.15, 0.2) is 26.2 Å². The highest BCUT2D eigenvalue weighted by Crippen LogP contribution is 2.27. The zero-order valence-electron chi connectivity index (χ0n) is 13.4. The van der Waals surface area contributed by atoms with Gasteiger partial charge in [0.05, 0.1) is 18.8 Å². The van der Waals surface area contributed by atoms with Crippen LogP contribution in [0.2, 0.25) is 0 Å². The third-order valence-electron chi connectivity index (χ3n) is 2.99. The number of thioether (sulfide) groups is 2. The van der Waals surface area contributed by atoms with Gasteiger partial charge in [-0.05, 0) is 24.6 Å². The molecule has 2 amide bonds. The van der Waals surface area contributed by atoms with E-state index in [0.29, 0.717) is 13.1 Å². The highest BCUT2D eigenvalue weighted by atomic mass is 32.2. The highest BCUT2D eigenvalue weighted by Gasteiger charge is 2.16. The molecule has 0 aliphatic carbocycles. The van der Waals surface area contributed by atoms with Crippen LogP contribution >= 0.6 is 46.2 Å². The van der Waals surface area contributed by atoms with E-state index in [2.05, 4.69) is 15.5 Å². The van der Waals surface area contributed by atoms with Gasteiger partial charge < -0.3 is 10.2 Å². The number of carbonyl (C=O) groups excluding carboxylic acids is 2. The van der Waals surface area contributed by atoms with E-state index >= 15 is 0 Å². The summed E-state index contributed by atoms with van der Waals surface area (Å²) in [4.78, 5) is 26.9. The average Bonchev–Trinajstić information content (AvgIpc) is 3.26. The Morgan fingerprint density at radius 1 is 1.33 bits per heavy atom. The van der Waals surface area contributed by atoms with Crippen LogP contribution in [0.25, 0.3) is 0 Å². The fraction of sp³-hybridized carbons (Fsp3) is 0.429. The summed E-state index contributed by atoms with van der Waals surface area (Å²) in [6.07, 6.45) is 1.94. The molecule has 1 N–H and O–H groups in total. The zero-order chi connectivity index (χ0) is 17.4. The Kier molecular flexibility index (Phi) is 8.03. The van der Waals surface area contributed by atoms with Gasteiger partial charge in [0.25, 0.3) is 0 Å². The SMILES string of the molecule is CCN(CC(=O)NCc1cccs1)C(=O)CSc1nnc(SC)s1. The first-order valence-electron chi connectivity index (χ1n) is 7.19. The van der Waals surface area contributed by atoms with Gasteiger partial charge in [0.2, 0.25) is 11.8 Å². The smallest absolute Gasteiger partial charge is 0.239 e. The molecule has 2 aromatic heterocycles. The lowest BCUT2D eigenvalue weighted by Crippen LogP contribution is -2.41. The Morgan fingerprint density at radius 2 is 2.12 bits per heavy atom. The third kappa shape index (κ3) is 6.08. The lowest BCUT2D eigenvalue weighted by molar-refractivity contribution is -0.133. The predicted molar refractivity (Wildman–Crippen MR) is 101 cm³/mol. The van der Waals surface area contributed by atoms with Gasteiger partial charge in [0.15, 0.2) is 8.68 Å². The molecule has 0 aromatic carbocycles. The van der Waals surface area contributed by atoms with Crippen LogP contribution in [0, 0.1) is 0 Å². The molecule has 2 aromatic rings. The molecule has 0 atom stereocenters. The monoisotopic (exact) mass is 402 g/mol. The summed E-state index contributed by atoms with van der Waals surface area (Å²) in [5, 5.41) is 12.8. The molecular formula is C14H18N4O2S4. The Hall–Kier alpha value is -1.10. The van der Waals surface area contributed by atoms with Gasteiger partial charge in [-0.15, -0.1) is 21.5 Å². The molecule has 0 fully saturated rings. The fourth-order valence-electron chi connectivity index (χ4n) is 1.76. The first-order valence-corrected chi connectivity index (χ1v) is 11.1. The second-order valence-electron chi connectivity index (χ2n) is 4.59. The number of carbonyl (C=O) groups is 2. The lowest BCUT2D eigenvalue weighted by atomic mass is 10.4. The Morgan fingerprint density at radius 3 is 2.75 bits per heavy atom. The van der Waals surface area contributed by atoms with Gasteiger partial charge in [-0.25, -0.2) is 0 Å². The summed E-state index contributed by atoms with van der Waals surface area (Å²) in [6, 6.07) is 3.91. The first-order chi connectivity index (χ1) is 11.6. The molecule has 0 spiro atoms. The summed E-state index contributed by atoms with van der Waals surface area (Å²) in [6.45, 7) is 2.94. The molecule has 2 heterocycles. The van der Waals surface area contributed by atoms with Crippen LogP contribution in [0.4, 0.5) is 0 Å². The lowest BCUT2D eigenvalue weighted by Gasteiger charge is -2.19. The number of nitrogens with zero attached hydrogens (tertiary/aromatic N) is 3. The Balaban J connectivity index is 1.76. The topological polar surface area (TPSA) is 75.2 Å². The highest BCUT2D eigenvalue weighted by molar-refractivity contribution is 8.03. The summed E-state index contributed by atoms with van der Waals surface area (Å²) in [7, 11) is 0. The maximum Gasteiger partial charge on any atom is 0.239 e. The molecule has 0 saturated heterocycles. The summed E-state index contributed by atoms with van der Waals surface area (Å²) < 4.78 is 1.65. The van der Waals surface area contributed by atoms with Gasteiger partial charge in [-0.1, -0.05) is 40.9 Å². The minimum atomic E-state index is -0.149. The van der Waals surface area contributed by atoms with E-state index in [9.17, 15) is 9.59 Å². The van der Waals surface area contributed by atoms with Crippen molar-refractivity contribution in [1.82, 2.24) is 20.4 Å².